The van der Waals surface area contributed by atoms with Gasteiger partial charge < -0.3 is 22.8 Å². The lowest BCUT2D eigenvalue weighted by Crippen LogP contribution is -2.62. The van der Waals surface area contributed by atoms with Crippen LogP contribution in [0.15, 0.2) is 0 Å². The largest absolute Gasteiger partial charge is 0.500 e. The van der Waals surface area contributed by atoms with Crippen LogP contribution in [-0.4, -0.2) is 65.2 Å². The molecule has 113 valence electrons. The summed E-state index contributed by atoms with van der Waals surface area (Å²) in [6.07, 6.45) is 0.923. The lowest BCUT2D eigenvalue weighted by Gasteiger charge is -2.40. The van der Waals surface area contributed by atoms with E-state index in [0.717, 1.165) is 19.0 Å². The van der Waals surface area contributed by atoms with Crippen molar-refractivity contribution < 1.29 is 22.8 Å². The van der Waals surface area contributed by atoms with Gasteiger partial charge in [-0.15, -0.1) is 0 Å². The minimum absolute atomic E-state index is 0.215. The van der Waals surface area contributed by atoms with Crippen molar-refractivity contribution in [3.63, 3.8) is 0 Å². The van der Waals surface area contributed by atoms with Crippen LogP contribution in [0.5, 0.6) is 0 Å². The van der Waals surface area contributed by atoms with E-state index in [4.69, 9.17) is 22.8 Å². The molecule has 1 fully saturated rings. The number of hydrogen-bond acceptors (Lipinski definition) is 6. The lowest BCUT2D eigenvalue weighted by atomic mass is 10.6. The van der Waals surface area contributed by atoms with Gasteiger partial charge in [-0.05, 0) is 12.6 Å². The smallest absolute Gasteiger partial charge is 0.377 e. The van der Waals surface area contributed by atoms with Gasteiger partial charge in [-0.1, -0.05) is 13.3 Å². The van der Waals surface area contributed by atoms with Crippen molar-refractivity contribution in [3.8, 4) is 0 Å². The summed E-state index contributed by atoms with van der Waals surface area (Å²) in [5.41, 5.74) is -0.681. The average molecular weight is 309 g/mol. The molecule has 1 aliphatic heterocycles. The molecule has 0 bridgehead atoms. The van der Waals surface area contributed by atoms with Gasteiger partial charge in [-0.25, -0.2) is 0 Å². The van der Waals surface area contributed by atoms with E-state index in [0.29, 0.717) is 0 Å². The van der Waals surface area contributed by atoms with Gasteiger partial charge in [-0.2, -0.15) is 0 Å². The van der Waals surface area contributed by atoms with Crippen molar-refractivity contribution in [3.05, 3.63) is 0 Å². The molecule has 1 radical (unpaired) electrons. The third-order valence-corrected chi connectivity index (χ3v) is 12.4. The summed E-state index contributed by atoms with van der Waals surface area (Å²) in [6.45, 7) is 3.02. The zero-order valence-electron chi connectivity index (χ0n) is 12.7. The van der Waals surface area contributed by atoms with E-state index in [2.05, 4.69) is 12.2 Å². The molecule has 6 nitrogen and oxygen atoms in total. The first-order valence-corrected chi connectivity index (χ1v) is 10.0. The van der Waals surface area contributed by atoms with Crippen molar-refractivity contribution in [1.29, 1.82) is 0 Å². The molecule has 0 amide bonds. The van der Waals surface area contributed by atoms with Crippen LogP contribution >= 0.6 is 0 Å². The number of rotatable bonds is 8. The number of ether oxygens (including phenoxy) is 2. The van der Waals surface area contributed by atoms with E-state index < -0.39 is 23.1 Å². The van der Waals surface area contributed by atoms with E-state index in [1.165, 1.54) is 0 Å². The SMILES string of the molecule is CCC([Si]1CCNC1(OC)OC)[Si](OC)(OC)OC. The molecule has 1 N–H and O–H groups in total. The molecule has 1 unspecified atom stereocenters. The van der Waals surface area contributed by atoms with Crippen LogP contribution in [0.1, 0.15) is 13.3 Å². The zero-order chi connectivity index (χ0) is 14.5. The van der Waals surface area contributed by atoms with Gasteiger partial charge in [0.05, 0.1) is 0 Å². The molecule has 1 atom stereocenters. The Balaban J connectivity index is 3.07. The Kier molecular flexibility index (Phi) is 6.60. The predicted octanol–water partition coefficient (Wildman–Crippen LogP) is 0.768. The summed E-state index contributed by atoms with van der Waals surface area (Å²) in [5, 5.41) is 3.55. The highest BCUT2D eigenvalue weighted by molar-refractivity contribution is 6.82. The molecule has 0 aromatic carbocycles. The Morgan fingerprint density at radius 2 is 1.63 bits per heavy atom. The van der Waals surface area contributed by atoms with Crippen molar-refractivity contribution in [2.24, 2.45) is 0 Å². The van der Waals surface area contributed by atoms with E-state index in [-0.39, 0.29) is 5.16 Å². The highest BCUT2D eigenvalue weighted by Gasteiger charge is 2.59. The number of methoxy groups -OCH3 is 2. The summed E-state index contributed by atoms with van der Waals surface area (Å²) in [7, 11) is 4.58. The molecule has 1 saturated heterocycles. The maximum Gasteiger partial charge on any atom is 0.500 e. The highest BCUT2D eigenvalue weighted by atomic mass is 28.4. The minimum atomic E-state index is -2.69. The molecule has 19 heavy (non-hydrogen) atoms. The van der Waals surface area contributed by atoms with Crippen LogP contribution in [0.2, 0.25) is 11.2 Å². The fourth-order valence-corrected chi connectivity index (χ4v) is 11.4. The van der Waals surface area contributed by atoms with E-state index in [9.17, 15) is 0 Å². The molecule has 0 saturated carbocycles. The van der Waals surface area contributed by atoms with E-state index in [1.807, 2.05) is 0 Å². The molecule has 1 aliphatic rings. The Hall–Kier alpha value is 0.194. The van der Waals surface area contributed by atoms with Crippen LogP contribution in [0.25, 0.3) is 0 Å². The summed E-state index contributed by atoms with van der Waals surface area (Å²) >= 11 is 0. The number of hydrogen-bond donors (Lipinski definition) is 1. The predicted molar refractivity (Wildman–Crippen MR) is 76.1 cm³/mol. The maximum atomic E-state index is 5.67. The molecule has 1 heterocycles. The highest BCUT2D eigenvalue weighted by Crippen LogP contribution is 2.38. The Bertz CT molecular complexity index is 266. The van der Waals surface area contributed by atoms with Gasteiger partial charge in [0, 0.05) is 40.7 Å². The first-order chi connectivity index (χ1) is 9.09. The quantitative estimate of drug-likeness (QED) is 0.528. The van der Waals surface area contributed by atoms with Gasteiger partial charge in [0.2, 0.25) is 5.53 Å². The van der Waals surface area contributed by atoms with Crippen LogP contribution in [0.4, 0.5) is 0 Å². The molecule has 1 rings (SSSR count). The second-order valence-electron chi connectivity index (χ2n) is 4.40. The zero-order valence-corrected chi connectivity index (χ0v) is 14.7. The summed E-state index contributed by atoms with van der Waals surface area (Å²) < 4.78 is 28.3. The molecular weight excluding hydrogens is 282 g/mol. The van der Waals surface area contributed by atoms with E-state index in [1.54, 1.807) is 35.5 Å². The Labute approximate surface area is 118 Å². The molecule has 8 heteroatoms. The first kappa shape index (κ1) is 17.2. The molecule has 0 aromatic rings. The summed E-state index contributed by atoms with van der Waals surface area (Å²) in [5.74, 6) is 0. The third-order valence-electron chi connectivity index (χ3n) is 3.86. The Morgan fingerprint density at radius 3 is 2.00 bits per heavy atom. The fraction of sp³-hybridized carbons (Fsp3) is 1.00. The standard InChI is InChI=1S/C11H26NO5Si2/c1-7-10(19(15-4,16-5)17-6)18-9-8-12-11(18,13-2)14-3/h10,12H,7-9H2,1-6H3. The van der Waals surface area contributed by atoms with Crippen LogP contribution in [0.3, 0.4) is 0 Å². The van der Waals surface area contributed by atoms with Crippen molar-refractivity contribution in [1.82, 2.24) is 5.32 Å². The van der Waals surface area contributed by atoms with Crippen molar-refractivity contribution in [2.45, 2.75) is 30.1 Å². The second-order valence-corrected chi connectivity index (χ2v) is 11.0. The Morgan fingerprint density at radius 1 is 1.11 bits per heavy atom. The summed E-state index contributed by atoms with van der Waals surface area (Å²) in [6, 6.07) is 1.04. The topological polar surface area (TPSA) is 58.2 Å². The van der Waals surface area contributed by atoms with Crippen molar-refractivity contribution in [2.75, 3.05) is 42.1 Å². The van der Waals surface area contributed by atoms with Crippen molar-refractivity contribution >= 4 is 17.6 Å². The molecular formula is C11H26NO5Si2. The summed E-state index contributed by atoms with van der Waals surface area (Å²) in [4.78, 5) is 0. The van der Waals surface area contributed by atoms with Crippen LogP contribution in [-0.2, 0) is 22.8 Å². The number of nitrogens with one attached hydrogen (secondary N) is 1. The maximum absolute atomic E-state index is 5.67. The van der Waals surface area contributed by atoms with Gasteiger partial charge in [0.25, 0.3) is 0 Å². The second kappa shape index (κ2) is 7.27. The average Bonchev–Trinajstić information content (AvgIpc) is 2.89. The monoisotopic (exact) mass is 308 g/mol. The fourth-order valence-electron chi connectivity index (χ4n) is 2.92. The van der Waals surface area contributed by atoms with Crippen LogP contribution < -0.4 is 5.32 Å². The molecule has 0 aromatic heterocycles. The van der Waals surface area contributed by atoms with Gasteiger partial charge in [0.15, 0.2) is 8.80 Å². The minimum Gasteiger partial charge on any atom is -0.377 e. The first-order valence-electron chi connectivity index (χ1n) is 6.46. The molecule has 0 spiro atoms. The lowest BCUT2D eigenvalue weighted by molar-refractivity contribution is -0.162. The van der Waals surface area contributed by atoms with Gasteiger partial charge >= 0.3 is 8.80 Å². The van der Waals surface area contributed by atoms with Gasteiger partial charge in [0.1, 0.15) is 0 Å². The van der Waals surface area contributed by atoms with Gasteiger partial charge in [-0.3, -0.25) is 5.32 Å². The normalized spacial score (nSPS) is 21.8. The van der Waals surface area contributed by atoms with E-state index >= 15 is 0 Å². The molecule has 0 aliphatic carbocycles. The van der Waals surface area contributed by atoms with Crippen LogP contribution in [0, 0.1) is 0 Å². The third kappa shape index (κ3) is 2.95.